The smallest absolute Gasteiger partial charge is 0.317 e. The Hall–Kier alpha value is -3.34. The summed E-state index contributed by atoms with van der Waals surface area (Å²) in [5.74, 6) is 0.498. The molecule has 4 aromatic rings. The van der Waals surface area contributed by atoms with Crippen LogP contribution in [0.2, 0.25) is 0 Å². The van der Waals surface area contributed by atoms with E-state index in [0.717, 1.165) is 49.2 Å². The molecule has 0 spiro atoms. The average Bonchev–Trinajstić information content (AvgIpc) is 3.42. The largest absolute Gasteiger partial charge is 0.469 e. The van der Waals surface area contributed by atoms with Crippen LogP contribution in [0.4, 0.5) is 13.2 Å². The number of hydrogen-bond donors (Lipinski definition) is 3. The Balaban J connectivity index is 1.46. The molecular formula is C27H26F3N4O4P. The van der Waals surface area contributed by atoms with Gasteiger partial charge < -0.3 is 15.1 Å². The third kappa shape index (κ3) is 6.81. The lowest BCUT2D eigenvalue weighted by Gasteiger charge is -2.23. The number of aromatic nitrogens is 3. The van der Waals surface area contributed by atoms with E-state index in [-0.39, 0.29) is 6.61 Å². The SMILES string of the molecule is O=P(O)(O)OCc1cc(-c2ccc(C3CCNCC3)cc2)cc(-n2cc(-c3ccc(C(F)(F)F)cc3)nn2)c1. The minimum absolute atomic E-state index is 0.335. The van der Waals surface area contributed by atoms with Crippen LogP contribution in [0.5, 0.6) is 0 Å². The lowest BCUT2D eigenvalue weighted by molar-refractivity contribution is -0.137. The van der Waals surface area contributed by atoms with Crippen LogP contribution in [0.3, 0.4) is 0 Å². The Morgan fingerprint density at radius 1 is 0.949 bits per heavy atom. The van der Waals surface area contributed by atoms with E-state index in [1.165, 1.54) is 22.4 Å². The fourth-order valence-electron chi connectivity index (χ4n) is 4.67. The monoisotopic (exact) mass is 558 g/mol. The van der Waals surface area contributed by atoms with Crippen LogP contribution < -0.4 is 5.32 Å². The summed E-state index contributed by atoms with van der Waals surface area (Å²) in [6.45, 7) is 1.65. The number of piperidine rings is 1. The van der Waals surface area contributed by atoms with Crippen molar-refractivity contribution in [2.75, 3.05) is 13.1 Å². The molecule has 0 radical (unpaired) electrons. The number of rotatable bonds is 7. The summed E-state index contributed by atoms with van der Waals surface area (Å²) in [4.78, 5) is 18.4. The van der Waals surface area contributed by atoms with E-state index >= 15 is 0 Å². The number of phosphoric acid groups is 1. The van der Waals surface area contributed by atoms with Gasteiger partial charge in [0.15, 0.2) is 0 Å². The number of phosphoric ester groups is 1. The third-order valence-corrected chi connectivity index (χ3v) is 7.16. The number of nitrogens with zero attached hydrogens (tertiary/aromatic N) is 3. The van der Waals surface area contributed by atoms with Crippen molar-refractivity contribution in [2.24, 2.45) is 0 Å². The molecule has 0 saturated carbocycles. The van der Waals surface area contributed by atoms with E-state index in [4.69, 9.17) is 4.52 Å². The summed E-state index contributed by atoms with van der Waals surface area (Å²) in [5, 5.41) is 11.6. The molecule has 3 N–H and O–H groups in total. The quantitative estimate of drug-likeness (QED) is 0.250. The molecule has 1 saturated heterocycles. The Labute approximate surface area is 222 Å². The molecule has 0 unspecified atom stereocenters. The van der Waals surface area contributed by atoms with Crippen molar-refractivity contribution in [2.45, 2.75) is 31.5 Å². The maximum atomic E-state index is 12.9. The molecule has 1 fully saturated rings. The first-order chi connectivity index (χ1) is 18.5. The number of alkyl halides is 3. The van der Waals surface area contributed by atoms with E-state index in [1.54, 1.807) is 18.3 Å². The van der Waals surface area contributed by atoms with Crippen molar-refractivity contribution >= 4 is 7.82 Å². The lowest BCUT2D eigenvalue weighted by Crippen LogP contribution is -2.26. The third-order valence-electron chi connectivity index (χ3n) is 6.70. The van der Waals surface area contributed by atoms with Crippen molar-refractivity contribution in [3.63, 3.8) is 0 Å². The lowest BCUT2D eigenvalue weighted by atomic mass is 9.89. The van der Waals surface area contributed by atoms with Crippen LogP contribution in [-0.2, 0) is 21.9 Å². The predicted molar refractivity (Wildman–Crippen MR) is 139 cm³/mol. The summed E-state index contributed by atoms with van der Waals surface area (Å²) in [7, 11) is -4.70. The molecule has 2 heterocycles. The number of benzene rings is 3. The maximum absolute atomic E-state index is 12.9. The highest BCUT2D eigenvalue weighted by Gasteiger charge is 2.30. The molecule has 0 aliphatic carbocycles. The molecule has 0 amide bonds. The first kappa shape index (κ1) is 27.2. The molecule has 8 nitrogen and oxygen atoms in total. The summed E-state index contributed by atoms with van der Waals surface area (Å²) >= 11 is 0. The molecule has 1 aromatic heterocycles. The Morgan fingerprint density at radius 2 is 1.62 bits per heavy atom. The first-order valence-corrected chi connectivity index (χ1v) is 13.8. The van der Waals surface area contributed by atoms with Gasteiger partial charge in [0.05, 0.1) is 24.1 Å². The minimum atomic E-state index is -4.70. The van der Waals surface area contributed by atoms with Gasteiger partial charge in [-0.1, -0.05) is 41.6 Å². The Morgan fingerprint density at radius 3 is 2.26 bits per heavy atom. The highest BCUT2D eigenvalue weighted by atomic mass is 31.2. The van der Waals surface area contributed by atoms with Gasteiger partial charge in [-0.3, -0.25) is 4.52 Å². The van der Waals surface area contributed by atoms with E-state index < -0.39 is 19.6 Å². The van der Waals surface area contributed by atoms with E-state index in [1.807, 2.05) is 18.2 Å². The van der Waals surface area contributed by atoms with Gasteiger partial charge in [0.2, 0.25) is 0 Å². The van der Waals surface area contributed by atoms with Crippen LogP contribution in [0.1, 0.15) is 35.4 Å². The van der Waals surface area contributed by atoms with Crippen LogP contribution in [0.15, 0.2) is 72.9 Å². The fraction of sp³-hybridized carbons (Fsp3) is 0.259. The Bertz CT molecular complexity index is 1480. The van der Waals surface area contributed by atoms with Gasteiger partial charge in [-0.2, -0.15) is 13.2 Å². The van der Waals surface area contributed by atoms with Gasteiger partial charge in [-0.15, -0.1) is 5.10 Å². The van der Waals surface area contributed by atoms with Crippen LogP contribution in [0.25, 0.3) is 28.1 Å². The molecule has 0 atom stereocenters. The van der Waals surface area contributed by atoms with Crippen LogP contribution >= 0.6 is 7.82 Å². The fourth-order valence-corrected chi connectivity index (χ4v) is 4.99. The molecule has 39 heavy (non-hydrogen) atoms. The van der Waals surface area contributed by atoms with E-state index in [9.17, 15) is 27.5 Å². The van der Waals surface area contributed by atoms with Crippen LogP contribution in [0, 0.1) is 0 Å². The van der Waals surface area contributed by atoms with Crippen molar-refractivity contribution < 1.29 is 32.0 Å². The first-order valence-electron chi connectivity index (χ1n) is 12.3. The number of nitrogens with one attached hydrogen (secondary N) is 1. The molecule has 1 aliphatic heterocycles. The highest BCUT2D eigenvalue weighted by Crippen LogP contribution is 2.38. The molecule has 1 aliphatic rings. The second-order valence-corrected chi connectivity index (χ2v) is 10.7. The van der Waals surface area contributed by atoms with Gasteiger partial charge in [0.1, 0.15) is 5.69 Å². The number of hydrogen-bond acceptors (Lipinski definition) is 5. The molecule has 3 aromatic carbocycles. The van der Waals surface area contributed by atoms with E-state index in [0.29, 0.717) is 28.4 Å². The van der Waals surface area contributed by atoms with Gasteiger partial charge in [0.25, 0.3) is 0 Å². The molecule has 12 heteroatoms. The number of halogens is 3. The molecule has 204 valence electrons. The van der Waals surface area contributed by atoms with Crippen molar-refractivity contribution in [1.29, 1.82) is 0 Å². The second kappa shape index (κ2) is 11.0. The zero-order valence-electron chi connectivity index (χ0n) is 20.7. The van der Waals surface area contributed by atoms with Crippen molar-refractivity contribution in [3.8, 4) is 28.1 Å². The van der Waals surface area contributed by atoms with Gasteiger partial charge in [0, 0.05) is 5.56 Å². The van der Waals surface area contributed by atoms with Crippen molar-refractivity contribution in [1.82, 2.24) is 20.3 Å². The molecule has 5 rings (SSSR count). The molecular weight excluding hydrogens is 532 g/mol. The standard InChI is InChI=1S/C27H26F3N4O4P/c28-27(29,30)24-7-5-22(6-8-24)26-16-34(33-32-26)25-14-18(17-38-39(35,36)37)13-23(15-25)20-3-1-19(2-4-20)21-9-11-31-12-10-21/h1-8,13-16,21,31H,9-12,17H2,(H2,35,36,37). The molecule has 0 bridgehead atoms. The predicted octanol–water partition coefficient (Wildman–Crippen LogP) is 5.70. The van der Waals surface area contributed by atoms with E-state index in [2.05, 4.69) is 27.8 Å². The summed E-state index contributed by atoms with van der Waals surface area (Å²) in [5.41, 5.74) is 4.06. The van der Waals surface area contributed by atoms with Gasteiger partial charge >= 0.3 is 14.0 Å². The van der Waals surface area contributed by atoms with Crippen LogP contribution in [-0.4, -0.2) is 37.9 Å². The minimum Gasteiger partial charge on any atom is -0.317 e. The zero-order valence-corrected chi connectivity index (χ0v) is 21.6. The average molecular weight is 558 g/mol. The normalized spacial score (nSPS) is 15.0. The Kier molecular flexibility index (Phi) is 7.70. The van der Waals surface area contributed by atoms with Crippen molar-refractivity contribution in [3.05, 3.63) is 89.6 Å². The van der Waals surface area contributed by atoms with Gasteiger partial charge in [-0.25, -0.2) is 9.25 Å². The summed E-state index contributed by atoms with van der Waals surface area (Å²) in [6.07, 6.45) is -0.706. The second-order valence-electron chi connectivity index (χ2n) is 9.42. The zero-order chi connectivity index (χ0) is 27.6. The summed E-state index contributed by atoms with van der Waals surface area (Å²) in [6, 6.07) is 18.2. The maximum Gasteiger partial charge on any atom is 0.469 e. The summed E-state index contributed by atoms with van der Waals surface area (Å²) < 4.78 is 56.3. The van der Waals surface area contributed by atoms with Gasteiger partial charge in [-0.05, 0) is 84.4 Å². The highest BCUT2D eigenvalue weighted by molar-refractivity contribution is 7.46. The topological polar surface area (TPSA) is 110 Å².